The average molecular weight is 624 g/mol. The van der Waals surface area contributed by atoms with E-state index in [4.69, 9.17) is 11.3 Å². The molecule has 1 nitrogen and oxygen atoms in total. The van der Waals surface area contributed by atoms with Crippen LogP contribution in [0.1, 0.15) is 6.85 Å². The topological polar surface area (TPSA) is 13.1 Å². The van der Waals surface area contributed by atoms with Gasteiger partial charge in [0.2, 0.25) is 0 Å². The van der Waals surface area contributed by atoms with E-state index in [0.717, 1.165) is 32.7 Å². The van der Waals surface area contributed by atoms with Crippen LogP contribution >= 0.6 is 0 Å². The molecule has 2 heteroatoms. The van der Waals surface area contributed by atoms with Gasteiger partial charge in [-0.25, -0.2) is 0 Å². The smallest absolute Gasteiger partial charge is 0.143 e. The number of hydrogen-bond acceptors (Lipinski definition) is 1. The first-order chi connectivity index (χ1) is 25.0. The summed E-state index contributed by atoms with van der Waals surface area (Å²) in [6.45, 7) is 7.16. The van der Waals surface area contributed by atoms with E-state index in [1.54, 1.807) is 6.07 Å². The fraction of sp³-hybridized carbons (Fsp3) is 0.0667. The van der Waals surface area contributed by atoms with Gasteiger partial charge in [-0.15, -0.1) is 0 Å². The summed E-state index contributed by atoms with van der Waals surface area (Å²) in [6.07, 6.45) is 0. The van der Waals surface area contributed by atoms with Crippen molar-refractivity contribution >= 4 is 67.5 Å². The molecule has 0 aliphatic heterocycles. The van der Waals surface area contributed by atoms with Gasteiger partial charge in [-0.2, -0.15) is 0 Å². The number of para-hydroxylation sites is 1. The van der Waals surface area contributed by atoms with E-state index in [9.17, 15) is 0 Å². The molecule has 0 amide bonds. The van der Waals surface area contributed by atoms with E-state index in [0.29, 0.717) is 16.7 Å². The van der Waals surface area contributed by atoms with Gasteiger partial charge in [-0.1, -0.05) is 170 Å². The molecule has 9 rings (SSSR count). The second kappa shape index (κ2) is 10.6. The molecule has 0 atom stereocenters. The highest BCUT2D eigenvalue weighted by atomic mass is 28.3. The molecule has 9 aromatic rings. The van der Waals surface area contributed by atoms with Crippen LogP contribution in [0, 0.1) is 0 Å². The molecule has 1 heterocycles. The van der Waals surface area contributed by atoms with Crippen LogP contribution in [-0.4, -0.2) is 8.07 Å². The van der Waals surface area contributed by atoms with Crippen LogP contribution in [0.4, 0.5) is 0 Å². The molecule has 224 valence electrons. The van der Waals surface area contributed by atoms with Gasteiger partial charge in [-0.05, 0) is 66.2 Å². The van der Waals surface area contributed by atoms with Crippen LogP contribution in [0.2, 0.25) is 19.6 Å². The predicted molar refractivity (Wildman–Crippen MR) is 206 cm³/mol. The lowest BCUT2D eigenvalue weighted by Gasteiger charge is -2.22. The average Bonchev–Trinajstić information content (AvgIpc) is 3.55. The molecule has 0 saturated heterocycles. The molecular weight excluding hydrogens is 585 g/mol. The summed E-state index contributed by atoms with van der Waals surface area (Å²) in [6, 6.07) is 41.0. The first-order valence-electron chi connectivity index (χ1n) is 18.5. The molecule has 0 aliphatic rings. The standard InChI is InChI=1S/C45H34OSi/c1-47(2,3)31-26-27-37-40(28-31)43(34-22-11-17-29-16-7-8-18-32(29)34)36-20-10-9-19-35(36)42(37)38-23-13-25-41-44(38)39-24-12-21-33(45(39)46-41)30-14-5-4-6-15-30/h4-28H,1-3H3/i4D,5D,6D,14D,15D. The van der Waals surface area contributed by atoms with E-state index < -0.39 is 14.1 Å². The first-order valence-corrected chi connectivity index (χ1v) is 19.5. The van der Waals surface area contributed by atoms with Crippen molar-refractivity contribution in [3.8, 4) is 33.4 Å². The summed E-state index contributed by atoms with van der Waals surface area (Å²) in [7, 11) is -1.71. The SMILES string of the molecule is [2H]c1c([2H])c([2H])c(-c2cccc3c2oc2cccc(-c4c5ccccc5c(-c5cccc6ccccc56)c5cc([Si](C)(C)C)ccc45)c23)c([2H])c1[2H]. The van der Waals surface area contributed by atoms with Crippen LogP contribution in [0.3, 0.4) is 0 Å². The largest absolute Gasteiger partial charge is 0.455 e. The Morgan fingerprint density at radius 3 is 1.89 bits per heavy atom. The minimum atomic E-state index is -1.71. The molecule has 0 aliphatic carbocycles. The molecule has 0 bridgehead atoms. The molecule has 1 aromatic heterocycles. The molecule has 0 fully saturated rings. The Labute approximate surface area is 282 Å². The van der Waals surface area contributed by atoms with Gasteiger partial charge >= 0.3 is 0 Å². The highest BCUT2D eigenvalue weighted by Crippen LogP contribution is 2.48. The third-order valence-electron chi connectivity index (χ3n) is 9.51. The van der Waals surface area contributed by atoms with Crippen molar-refractivity contribution in [1.29, 1.82) is 0 Å². The first kappa shape index (κ1) is 23.0. The van der Waals surface area contributed by atoms with E-state index >= 15 is 0 Å². The lowest BCUT2D eigenvalue weighted by atomic mass is 9.84. The highest BCUT2D eigenvalue weighted by molar-refractivity contribution is 6.88. The maximum Gasteiger partial charge on any atom is 0.143 e. The quantitative estimate of drug-likeness (QED) is 0.140. The minimum absolute atomic E-state index is 0.131. The maximum absolute atomic E-state index is 8.73. The molecule has 0 radical (unpaired) electrons. The monoisotopic (exact) mass is 623 g/mol. The summed E-state index contributed by atoms with van der Waals surface area (Å²) in [4.78, 5) is 0. The fourth-order valence-electron chi connectivity index (χ4n) is 7.31. The van der Waals surface area contributed by atoms with Crippen LogP contribution in [0.5, 0.6) is 0 Å². The van der Waals surface area contributed by atoms with E-state index in [1.165, 1.54) is 37.9 Å². The van der Waals surface area contributed by atoms with Gasteiger partial charge in [0.05, 0.1) is 14.9 Å². The van der Waals surface area contributed by atoms with Crippen molar-refractivity contribution in [1.82, 2.24) is 0 Å². The van der Waals surface area contributed by atoms with Crippen LogP contribution < -0.4 is 5.19 Å². The molecular formula is C45H34OSi. The van der Waals surface area contributed by atoms with Crippen molar-refractivity contribution in [2.24, 2.45) is 0 Å². The van der Waals surface area contributed by atoms with Crippen molar-refractivity contribution in [3.05, 3.63) is 152 Å². The van der Waals surface area contributed by atoms with E-state index in [-0.39, 0.29) is 29.7 Å². The Bertz CT molecular complexity index is 2920. The Kier molecular flexibility index (Phi) is 5.16. The van der Waals surface area contributed by atoms with Crippen molar-refractivity contribution in [2.75, 3.05) is 0 Å². The lowest BCUT2D eigenvalue weighted by Crippen LogP contribution is -2.37. The normalized spacial score (nSPS) is 13.6. The van der Waals surface area contributed by atoms with Gasteiger partial charge in [-0.3, -0.25) is 0 Å². The summed E-state index contributed by atoms with van der Waals surface area (Å²) in [5.74, 6) is 0. The Morgan fingerprint density at radius 1 is 0.511 bits per heavy atom. The van der Waals surface area contributed by atoms with Crippen LogP contribution in [-0.2, 0) is 0 Å². The number of furan rings is 1. The zero-order valence-electron chi connectivity index (χ0n) is 31.5. The van der Waals surface area contributed by atoms with Crippen molar-refractivity contribution in [3.63, 3.8) is 0 Å². The molecule has 8 aromatic carbocycles. The van der Waals surface area contributed by atoms with Crippen LogP contribution in [0.25, 0.3) is 87.6 Å². The molecule has 0 unspecified atom stereocenters. The second-order valence-corrected chi connectivity index (χ2v) is 18.4. The third kappa shape index (κ3) is 4.36. The van der Waals surface area contributed by atoms with E-state index in [2.05, 4.69) is 111 Å². The second-order valence-electron chi connectivity index (χ2n) is 13.3. The molecule has 0 spiro atoms. The zero-order chi connectivity index (χ0) is 36.1. The van der Waals surface area contributed by atoms with Gasteiger partial charge in [0.25, 0.3) is 0 Å². The van der Waals surface area contributed by atoms with Gasteiger partial charge in [0.15, 0.2) is 0 Å². The lowest BCUT2D eigenvalue weighted by molar-refractivity contribution is 0.670. The zero-order valence-corrected chi connectivity index (χ0v) is 27.5. The Morgan fingerprint density at radius 2 is 1.11 bits per heavy atom. The Hall–Kier alpha value is -5.44. The summed E-state index contributed by atoms with van der Waals surface area (Å²) >= 11 is 0. The molecule has 0 N–H and O–H groups in total. The summed E-state index contributed by atoms with van der Waals surface area (Å²) in [5.41, 5.74) is 6.31. The minimum Gasteiger partial charge on any atom is -0.455 e. The maximum atomic E-state index is 8.73. The molecule has 47 heavy (non-hydrogen) atoms. The van der Waals surface area contributed by atoms with Crippen molar-refractivity contribution < 1.29 is 11.3 Å². The number of rotatable bonds is 4. The Balaban J connectivity index is 1.43. The van der Waals surface area contributed by atoms with Gasteiger partial charge < -0.3 is 4.42 Å². The van der Waals surface area contributed by atoms with Crippen molar-refractivity contribution in [2.45, 2.75) is 19.6 Å². The third-order valence-corrected chi connectivity index (χ3v) is 11.6. The van der Waals surface area contributed by atoms with E-state index in [1.807, 2.05) is 24.3 Å². The number of benzene rings is 8. The highest BCUT2D eigenvalue weighted by Gasteiger charge is 2.24. The van der Waals surface area contributed by atoms with Crippen LogP contribution in [0.15, 0.2) is 156 Å². The fourth-order valence-corrected chi connectivity index (χ4v) is 8.47. The number of fused-ring (bicyclic) bond motifs is 6. The van der Waals surface area contributed by atoms with Gasteiger partial charge in [0.1, 0.15) is 11.2 Å². The number of hydrogen-bond donors (Lipinski definition) is 0. The predicted octanol–water partition coefficient (Wildman–Crippen LogP) is 12.6. The summed E-state index contributed by atoms with van der Waals surface area (Å²) in [5, 5.41) is 10.2. The summed E-state index contributed by atoms with van der Waals surface area (Å²) < 4.78 is 48.9. The molecule has 0 saturated carbocycles. The van der Waals surface area contributed by atoms with Gasteiger partial charge in [0, 0.05) is 16.3 Å².